The van der Waals surface area contributed by atoms with Gasteiger partial charge in [0.25, 0.3) is 5.91 Å². The van der Waals surface area contributed by atoms with E-state index in [0.29, 0.717) is 11.5 Å². The second-order valence-corrected chi connectivity index (χ2v) is 5.03. The quantitative estimate of drug-likeness (QED) is 0.457. The van der Waals surface area contributed by atoms with E-state index in [1.807, 2.05) is 24.3 Å². The number of carbonyl (C=O) groups is 2. The third-order valence-electron chi connectivity index (χ3n) is 3.22. The topological polar surface area (TPSA) is 92.9 Å². The molecule has 1 aromatic heterocycles. The Morgan fingerprint density at radius 3 is 2.64 bits per heavy atom. The maximum atomic E-state index is 11.7. The zero-order valence-corrected chi connectivity index (χ0v) is 14.0. The molecule has 130 valence electrons. The monoisotopic (exact) mass is 341 g/mol. The van der Waals surface area contributed by atoms with Crippen molar-refractivity contribution < 1.29 is 18.7 Å². The Kier molecular flexibility index (Phi) is 6.53. The van der Waals surface area contributed by atoms with Gasteiger partial charge in [-0.05, 0) is 55.0 Å². The van der Waals surface area contributed by atoms with Gasteiger partial charge >= 0.3 is 0 Å². The average molecular weight is 341 g/mol. The molecule has 1 heterocycles. The molecule has 2 amide bonds. The molecule has 0 radical (unpaired) electrons. The van der Waals surface area contributed by atoms with Crippen molar-refractivity contribution in [1.29, 1.82) is 0 Å². The highest BCUT2D eigenvalue weighted by molar-refractivity contribution is 5.99. The molecule has 0 saturated carbocycles. The van der Waals surface area contributed by atoms with E-state index >= 15 is 0 Å². The van der Waals surface area contributed by atoms with Crippen LogP contribution in [0.4, 0.5) is 0 Å². The van der Waals surface area contributed by atoms with Crippen molar-refractivity contribution in [2.75, 3.05) is 13.7 Å². The van der Waals surface area contributed by atoms with Crippen LogP contribution in [0.15, 0.2) is 58.3 Å². The Hall–Kier alpha value is -3.35. The van der Waals surface area contributed by atoms with Gasteiger partial charge in [-0.15, -0.1) is 0 Å². The molecular weight excluding hydrogens is 322 g/mol. The Bertz CT molecular complexity index is 762. The van der Waals surface area contributed by atoms with Gasteiger partial charge in [0.2, 0.25) is 5.91 Å². The number of furan rings is 1. The Morgan fingerprint density at radius 1 is 1.24 bits per heavy atom. The number of hydrogen-bond acceptors (Lipinski definition) is 5. The highest BCUT2D eigenvalue weighted by Crippen LogP contribution is 2.11. The molecule has 25 heavy (non-hydrogen) atoms. The van der Waals surface area contributed by atoms with Crippen LogP contribution in [-0.2, 0) is 9.59 Å². The molecule has 7 nitrogen and oxygen atoms in total. The number of hydrogen-bond donors (Lipinski definition) is 2. The summed E-state index contributed by atoms with van der Waals surface area (Å²) in [6, 6.07) is 10.7. The van der Waals surface area contributed by atoms with Crippen LogP contribution in [0.25, 0.3) is 6.08 Å². The Labute approximate surface area is 145 Å². The lowest BCUT2D eigenvalue weighted by molar-refractivity contribution is -0.123. The van der Waals surface area contributed by atoms with Gasteiger partial charge < -0.3 is 14.5 Å². The van der Waals surface area contributed by atoms with Crippen LogP contribution in [-0.4, -0.2) is 31.2 Å². The number of nitrogens with one attached hydrogen (secondary N) is 2. The smallest absolute Gasteiger partial charge is 0.259 e. The van der Waals surface area contributed by atoms with Crippen LogP contribution in [0.1, 0.15) is 18.2 Å². The second kappa shape index (κ2) is 9.07. The molecular formula is C18H19N3O4. The maximum absolute atomic E-state index is 11.7. The van der Waals surface area contributed by atoms with Crippen molar-refractivity contribution in [3.05, 3.63) is 60.1 Å². The van der Waals surface area contributed by atoms with Gasteiger partial charge in [-0.25, -0.2) is 5.43 Å². The van der Waals surface area contributed by atoms with Gasteiger partial charge in [0.05, 0.1) is 25.6 Å². The molecule has 1 aromatic carbocycles. The van der Waals surface area contributed by atoms with Crippen molar-refractivity contribution in [2.24, 2.45) is 5.10 Å². The van der Waals surface area contributed by atoms with E-state index in [-0.39, 0.29) is 6.54 Å². The molecule has 0 fully saturated rings. The minimum Gasteiger partial charge on any atom is -0.497 e. The average Bonchev–Trinajstić information content (AvgIpc) is 3.16. The van der Waals surface area contributed by atoms with Crippen LogP contribution in [0.2, 0.25) is 0 Å². The number of rotatable bonds is 7. The number of amides is 2. The van der Waals surface area contributed by atoms with Crippen LogP contribution < -0.4 is 15.5 Å². The predicted octanol–water partition coefficient (Wildman–Crippen LogP) is 1.96. The number of ether oxygens (including phenoxy) is 1. The molecule has 0 unspecified atom stereocenters. The van der Waals surface area contributed by atoms with Crippen molar-refractivity contribution in [3.8, 4) is 5.75 Å². The third-order valence-corrected chi connectivity index (χ3v) is 3.22. The van der Waals surface area contributed by atoms with Crippen molar-refractivity contribution in [1.82, 2.24) is 10.7 Å². The minimum absolute atomic E-state index is 0.180. The first-order valence-corrected chi connectivity index (χ1v) is 7.55. The summed E-state index contributed by atoms with van der Waals surface area (Å²) in [5.41, 5.74) is 3.89. The molecule has 2 rings (SSSR count). The van der Waals surface area contributed by atoms with E-state index in [9.17, 15) is 9.59 Å². The lowest BCUT2D eigenvalue weighted by Crippen LogP contribution is -2.34. The summed E-state index contributed by atoms with van der Waals surface area (Å²) in [6.07, 6.45) is 4.31. The summed E-state index contributed by atoms with van der Waals surface area (Å²) < 4.78 is 10.1. The molecule has 0 saturated heterocycles. The molecule has 0 aliphatic carbocycles. The number of carbonyl (C=O) groups excluding carboxylic acids is 2. The fraction of sp³-hybridized carbons (Fsp3) is 0.167. The Balaban J connectivity index is 1.78. The summed E-state index contributed by atoms with van der Waals surface area (Å²) in [7, 11) is 1.59. The first-order valence-electron chi connectivity index (χ1n) is 7.55. The van der Waals surface area contributed by atoms with E-state index in [0.717, 1.165) is 11.3 Å². The molecule has 0 aliphatic rings. The number of methoxy groups -OCH3 is 1. The highest BCUT2D eigenvalue weighted by Gasteiger charge is 2.04. The van der Waals surface area contributed by atoms with E-state index in [4.69, 9.17) is 9.15 Å². The molecule has 7 heteroatoms. The number of benzene rings is 1. The highest BCUT2D eigenvalue weighted by atomic mass is 16.5. The largest absolute Gasteiger partial charge is 0.497 e. The predicted molar refractivity (Wildman–Crippen MR) is 94.1 cm³/mol. The molecule has 2 N–H and O–H groups in total. The fourth-order valence-electron chi connectivity index (χ4n) is 1.85. The normalized spacial score (nSPS) is 11.4. The van der Waals surface area contributed by atoms with Gasteiger partial charge in [-0.1, -0.05) is 0 Å². The van der Waals surface area contributed by atoms with Crippen LogP contribution >= 0.6 is 0 Å². The van der Waals surface area contributed by atoms with Crippen molar-refractivity contribution in [3.63, 3.8) is 0 Å². The second-order valence-electron chi connectivity index (χ2n) is 5.03. The maximum Gasteiger partial charge on any atom is 0.259 e. The van der Waals surface area contributed by atoms with Gasteiger partial charge in [0.1, 0.15) is 11.5 Å². The summed E-state index contributed by atoms with van der Waals surface area (Å²) in [6.45, 7) is 1.59. The van der Waals surface area contributed by atoms with E-state index < -0.39 is 11.8 Å². The summed E-state index contributed by atoms with van der Waals surface area (Å²) >= 11 is 0. The number of hydrazone groups is 1. The van der Waals surface area contributed by atoms with E-state index in [1.54, 1.807) is 26.2 Å². The van der Waals surface area contributed by atoms with Crippen LogP contribution in [0, 0.1) is 0 Å². The summed E-state index contributed by atoms with van der Waals surface area (Å²) in [5.74, 6) is 0.472. The molecule has 0 spiro atoms. The lowest BCUT2D eigenvalue weighted by atomic mass is 10.1. The van der Waals surface area contributed by atoms with Gasteiger partial charge in [-0.2, -0.15) is 5.10 Å². The summed E-state index contributed by atoms with van der Waals surface area (Å²) in [5, 5.41) is 6.46. The minimum atomic E-state index is -0.424. The first kappa shape index (κ1) is 18.0. The third kappa shape index (κ3) is 5.98. The van der Waals surface area contributed by atoms with Crippen LogP contribution in [0.3, 0.4) is 0 Å². The van der Waals surface area contributed by atoms with E-state index in [2.05, 4.69) is 15.8 Å². The van der Waals surface area contributed by atoms with Crippen molar-refractivity contribution >= 4 is 23.6 Å². The first-order chi connectivity index (χ1) is 12.1. The van der Waals surface area contributed by atoms with Gasteiger partial charge in [0.15, 0.2) is 0 Å². The van der Waals surface area contributed by atoms with Gasteiger partial charge in [0, 0.05) is 6.08 Å². The lowest BCUT2D eigenvalue weighted by Gasteiger charge is -2.05. The van der Waals surface area contributed by atoms with Gasteiger partial charge in [-0.3, -0.25) is 9.59 Å². The molecule has 0 aliphatic heterocycles. The molecule has 2 aromatic rings. The Morgan fingerprint density at radius 2 is 2.00 bits per heavy atom. The van der Waals surface area contributed by atoms with E-state index in [1.165, 1.54) is 18.4 Å². The zero-order chi connectivity index (χ0) is 18.1. The summed E-state index contributed by atoms with van der Waals surface area (Å²) in [4.78, 5) is 23.3. The SMILES string of the molecule is COc1ccc(C(C)=NNC(=O)CNC(=O)C=Cc2ccco2)cc1. The van der Waals surface area contributed by atoms with Crippen molar-refractivity contribution in [2.45, 2.75) is 6.92 Å². The fourth-order valence-corrected chi connectivity index (χ4v) is 1.85. The zero-order valence-electron chi connectivity index (χ0n) is 14.0. The van der Waals surface area contributed by atoms with Crippen LogP contribution in [0.5, 0.6) is 5.75 Å². The molecule has 0 bridgehead atoms. The number of nitrogens with zero attached hydrogens (tertiary/aromatic N) is 1. The standard InChI is InChI=1S/C18H19N3O4/c1-13(14-5-7-15(24-2)8-6-14)20-21-18(23)12-19-17(22)10-9-16-4-3-11-25-16/h3-11H,12H2,1-2H3,(H,19,22)(H,21,23). The molecule has 0 atom stereocenters.